The summed E-state index contributed by atoms with van der Waals surface area (Å²) in [4.78, 5) is 12.8. The Morgan fingerprint density at radius 1 is 0.800 bits per heavy atom. The molecule has 152 valence electrons. The van der Waals surface area contributed by atoms with Crippen LogP contribution in [0.3, 0.4) is 0 Å². The number of carbonyl (C=O) groups excluding carboxylic acids is 1. The van der Waals surface area contributed by atoms with Gasteiger partial charge in [0.15, 0.2) is 5.78 Å². The average Bonchev–Trinajstić information content (AvgIpc) is 2.75. The normalized spacial score (nSPS) is 13.1. The molecular formula is C26H21F3O. The van der Waals surface area contributed by atoms with Crippen molar-refractivity contribution in [2.24, 2.45) is 0 Å². The first kappa shape index (κ1) is 21.4. The minimum absolute atomic E-state index is 0.0262. The summed E-state index contributed by atoms with van der Waals surface area (Å²) < 4.78 is 38.1. The van der Waals surface area contributed by atoms with Crippen molar-refractivity contribution in [3.05, 3.63) is 107 Å². The maximum Gasteiger partial charge on any atom is 0.416 e. The molecule has 4 heteroatoms. The van der Waals surface area contributed by atoms with E-state index in [-0.39, 0.29) is 12.2 Å². The fraction of sp³-hybridized carbons (Fsp3) is 0.192. The molecule has 0 aliphatic carbocycles. The summed E-state index contributed by atoms with van der Waals surface area (Å²) in [7, 11) is 0. The second-order valence-corrected chi connectivity index (χ2v) is 7.45. The number of benzene rings is 3. The molecule has 0 N–H and O–H groups in total. The topological polar surface area (TPSA) is 17.1 Å². The summed E-state index contributed by atoms with van der Waals surface area (Å²) in [6, 6.07) is 23.6. The highest BCUT2D eigenvalue weighted by Gasteiger charge is 2.30. The van der Waals surface area contributed by atoms with Gasteiger partial charge in [-0.3, -0.25) is 4.79 Å². The second-order valence-electron chi connectivity index (χ2n) is 7.45. The summed E-state index contributed by atoms with van der Waals surface area (Å²) in [6.45, 7) is 1.99. The third kappa shape index (κ3) is 5.39. The van der Waals surface area contributed by atoms with Gasteiger partial charge >= 0.3 is 6.18 Å². The third-order valence-corrected chi connectivity index (χ3v) is 5.04. The molecule has 1 nitrogen and oxygen atoms in total. The van der Waals surface area contributed by atoms with Crippen LogP contribution in [0.5, 0.6) is 0 Å². The fourth-order valence-corrected chi connectivity index (χ4v) is 3.27. The van der Waals surface area contributed by atoms with E-state index in [2.05, 4.69) is 11.8 Å². The number of halogens is 3. The zero-order valence-electron chi connectivity index (χ0n) is 16.5. The molecule has 0 amide bonds. The minimum Gasteiger partial charge on any atom is -0.294 e. The molecule has 0 fully saturated rings. The molecule has 30 heavy (non-hydrogen) atoms. The van der Waals surface area contributed by atoms with E-state index in [1.807, 2.05) is 55.5 Å². The number of Topliss-reactive ketones (excluding diaryl/α,β-unsaturated/α-hetero) is 1. The molecule has 0 aromatic heterocycles. The molecule has 1 atom stereocenters. The SMILES string of the molecule is CC(CC#Cc1ccc(C(F)(F)F)cc1)(CC(=O)c1ccccc1)c1ccccc1. The molecule has 0 aliphatic rings. The lowest BCUT2D eigenvalue weighted by Crippen LogP contribution is -2.25. The van der Waals surface area contributed by atoms with E-state index in [0.29, 0.717) is 17.5 Å². The van der Waals surface area contributed by atoms with Gasteiger partial charge in [-0.05, 0) is 29.8 Å². The van der Waals surface area contributed by atoms with Crippen molar-refractivity contribution < 1.29 is 18.0 Å². The molecule has 3 aromatic rings. The van der Waals surface area contributed by atoms with Crippen molar-refractivity contribution >= 4 is 5.78 Å². The molecule has 3 rings (SSSR count). The van der Waals surface area contributed by atoms with Crippen LogP contribution < -0.4 is 0 Å². The Balaban J connectivity index is 1.82. The van der Waals surface area contributed by atoms with Crippen LogP contribution in [0, 0.1) is 11.8 Å². The van der Waals surface area contributed by atoms with Crippen LogP contribution in [-0.2, 0) is 11.6 Å². The molecule has 0 heterocycles. The van der Waals surface area contributed by atoms with Gasteiger partial charge in [0.2, 0.25) is 0 Å². The largest absolute Gasteiger partial charge is 0.416 e. The predicted molar refractivity (Wildman–Crippen MR) is 112 cm³/mol. The zero-order chi connectivity index (χ0) is 21.6. The van der Waals surface area contributed by atoms with Gasteiger partial charge in [-0.15, -0.1) is 0 Å². The van der Waals surface area contributed by atoms with Crippen molar-refractivity contribution in [1.29, 1.82) is 0 Å². The lowest BCUT2D eigenvalue weighted by atomic mass is 9.75. The van der Waals surface area contributed by atoms with E-state index >= 15 is 0 Å². The number of rotatable bonds is 5. The predicted octanol–water partition coefficient (Wildman–Crippen LogP) is 6.68. The summed E-state index contributed by atoms with van der Waals surface area (Å²) in [6.07, 6.45) is -3.69. The smallest absolute Gasteiger partial charge is 0.294 e. The van der Waals surface area contributed by atoms with Crippen molar-refractivity contribution in [1.82, 2.24) is 0 Å². The Bertz CT molecular complexity index is 1040. The van der Waals surface area contributed by atoms with Crippen LogP contribution in [-0.4, -0.2) is 5.78 Å². The number of hydrogen-bond donors (Lipinski definition) is 0. The van der Waals surface area contributed by atoms with Gasteiger partial charge in [0, 0.05) is 29.4 Å². The Morgan fingerprint density at radius 2 is 1.37 bits per heavy atom. The van der Waals surface area contributed by atoms with Gasteiger partial charge in [-0.25, -0.2) is 0 Å². The van der Waals surface area contributed by atoms with Crippen LogP contribution in [0.4, 0.5) is 13.2 Å². The standard InChI is InChI=1S/C26H21F3O/c1-25(22-12-6-3-7-13-22,19-24(30)21-10-4-2-5-11-21)18-8-9-20-14-16-23(17-15-20)26(27,28)29/h2-7,10-17H,18-19H2,1H3. The number of ketones is 1. The van der Waals surface area contributed by atoms with Gasteiger partial charge in [0.25, 0.3) is 0 Å². The number of alkyl halides is 3. The highest BCUT2D eigenvalue weighted by Crippen LogP contribution is 2.33. The van der Waals surface area contributed by atoms with Gasteiger partial charge in [0.1, 0.15) is 0 Å². The molecule has 0 bridgehead atoms. The van der Waals surface area contributed by atoms with Gasteiger partial charge in [0.05, 0.1) is 5.56 Å². The summed E-state index contributed by atoms with van der Waals surface area (Å²) in [5.41, 5.74) is 0.933. The molecule has 3 aromatic carbocycles. The number of hydrogen-bond acceptors (Lipinski definition) is 1. The lowest BCUT2D eigenvalue weighted by Gasteiger charge is -2.27. The second kappa shape index (κ2) is 9.00. The van der Waals surface area contributed by atoms with Gasteiger partial charge in [-0.2, -0.15) is 13.2 Å². The average molecular weight is 406 g/mol. The van der Waals surface area contributed by atoms with Crippen LogP contribution in [0.15, 0.2) is 84.9 Å². The molecular weight excluding hydrogens is 385 g/mol. The van der Waals surface area contributed by atoms with E-state index in [4.69, 9.17) is 0 Å². The van der Waals surface area contributed by atoms with Crippen LogP contribution in [0.2, 0.25) is 0 Å². The third-order valence-electron chi connectivity index (χ3n) is 5.04. The monoisotopic (exact) mass is 406 g/mol. The van der Waals surface area contributed by atoms with Crippen molar-refractivity contribution in [2.45, 2.75) is 31.4 Å². The van der Waals surface area contributed by atoms with E-state index in [1.165, 1.54) is 12.1 Å². The van der Waals surface area contributed by atoms with E-state index < -0.39 is 17.2 Å². The quantitative estimate of drug-likeness (QED) is 0.341. The minimum atomic E-state index is -4.37. The lowest BCUT2D eigenvalue weighted by molar-refractivity contribution is -0.137. The maximum absolute atomic E-state index is 12.8. The maximum atomic E-state index is 12.8. The van der Waals surface area contributed by atoms with Gasteiger partial charge in [-0.1, -0.05) is 79.4 Å². The summed E-state index contributed by atoms with van der Waals surface area (Å²) in [5.74, 6) is 6.03. The molecule has 0 aliphatic heterocycles. The van der Waals surface area contributed by atoms with Crippen LogP contribution in [0.1, 0.15) is 46.8 Å². The van der Waals surface area contributed by atoms with E-state index in [1.54, 1.807) is 12.1 Å². The van der Waals surface area contributed by atoms with Crippen molar-refractivity contribution in [3.63, 3.8) is 0 Å². The van der Waals surface area contributed by atoms with Crippen molar-refractivity contribution in [2.75, 3.05) is 0 Å². The first-order chi connectivity index (χ1) is 14.3. The van der Waals surface area contributed by atoms with Crippen LogP contribution in [0.25, 0.3) is 0 Å². The van der Waals surface area contributed by atoms with Gasteiger partial charge < -0.3 is 0 Å². The summed E-state index contributed by atoms with van der Waals surface area (Å²) in [5, 5.41) is 0. The molecule has 0 spiro atoms. The fourth-order valence-electron chi connectivity index (χ4n) is 3.27. The highest BCUT2D eigenvalue weighted by molar-refractivity contribution is 5.96. The Hall–Kier alpha value is -3.32. The Kier molecular flexibility index (Phi) is 6.42. The van der Waals surface area contributed by atoms with Crippen molar-refractivity contribution in [3.8, 4) is 11.8 Å². The highest BCUT2D eigenvalue weighted by atomic mass is 19.4. The first-order valence-corrected chi connectivity index (χ1v) is 9.58. The molecule has 0 saturated carbocycles. The molecule has 0 radical (unpaired) electrons. The van der Waals surface area contributed by atoms with E-state index in [0.717, 1.165) is 17.7 Å². The Morgan fingerprint density at radius 3 is 1.93 bits per heavy atom. The number of carbonyl (C=O) groups is 1. The zero-order valence-corrected chi connectivity index (χ0v) is 16.5. The molecule has 1 unspecified atom stereocenters. The van der Waals surface area contributed by atoms with Crippen LogP contribution >= 0.6 is 0 Å². The Labute approximate surface area is 174 Å². The van der Waals surface area contributed by atoms with E-state index in [9.17, 15) is 18.0 Å². The molecule has 0 saturated heterocycles. The summed E-state index contributed by atoms with van der Waals surface area (Å²) >= 11 is 0. The first-order valence-electron chi connectivity index (χ1n) is 9.58.